The fourth-order valence-electron chi connectivity index (χ4n) is 1.58. The Balaban J connectivity index is 2.80. The third-order valence-corrected chi connectivity index (χ3v) is 2.54. The van der Waals surface area contributed by atoms with Gasteiger partial charge in [-0.1, -0.05) is 11.8 Å². The highest BCUT2D eigenvalue weighted by atomic mass is 16.6. The van der Waals surface area contributed by atoms with E-state index in [1.165, 1.54) is 25.1 Å². The third-order valence-electron chi connectivity index (χ3n) is 2.54. The highest BCUT2D eigenvalue weighted by molar-refractivity contribution is 5.95. The summed E-state index contributed by atoms with van der Waals surface area (Å²) >= 11 is 0. The number of Topliss-reactive ketones (excluding diaryl/α,β-unsaturated/α-hetero) is 1. The summed E-state index contributed by atoms with van der Waals surface area (Å²) < 4.78 is 5.03. The number of hydrogen-bond donors (Lipinski definition) is 1. The predicted molar refractivity (Wildman–Crippen MR) is 84.2 cm³/mol. The van der Waals surface area contributed by atoms with Crippen LogP contribution in [-0.2, 0) is 4.74 Å². The Morgan fingerprint density at radius 1 is 1.35 bits per heavy atom. The van der Waals surface area contributed by atoms with Gasteiger partial charge in [-0.15, -0.1) is 0 Å². The monoisotopic (exact) mass is 318 g/mol. The number of rotatable bonds is 3. The highest BCUT2D eigenvalue weighted by Gasteiger charge is 2.16. The van der Waals surface area contributed by atoms with Gasteiger partial charge >= 0.3 is 6.09 Å². The van der Waals surface area contributed by atoms with Crippen molar-refractivity contribution < 1.29 is 19.2 Å². The van der Waals surface area contributed by atoms with Crippen LogP contribution in [0.3, 0.4) is 0 Å². The average molecular weight is 318 g/mol. The number of nitro groups is 1. The fourth-order valence-corrected chi connectivity index (χ4v) is 1.58. The van der Waals surface area contributed by atoms with Crippen molar-refractivity contribution in [3.8, 4) is 11.8 Å². The van der Waals surface area contributed by atoms with Crippen LogP contribution in [0.4, 0.5) is 10.5 Å². The minimum Gasteiger partial charge on any atom is -0.444 e. The molecule has 1 aromatic rings. The molecule has 0 bridgehead atoms. The Labute approximate surface area is 134 Å². The number of nitrogens with zero attached hydrogens (tertiary/aromatic N) is 1. The Kier molecular flexibility index (Phi) is 5.85. The van der Waals surface area contributed by atoms with Crippen molar-refractivity contribution in [2.75, 3.05) is 6.54 Å². The lowest BCUT2D eigenvalue weighted by Gasteiger charge is -2.18. The summed E-state index contributed by atoms with van der Waals surface area (Å²) in [5, 5.41) is 13.5. The molecule has 0 saturated heterocycles. The van der Waals surface area contributed by atoms with Crippen molar-refractivity contribution in [3.05, 3.63) is 39.4 Å². The number of carbonyl (C=O) groups excluding carboxylic acids is 2. The van der Waals surface area contributed by atoms with Crippen LogP contribution in [-0.4, -0.2) is 28.9 Å². The first-order valence-corrected chi connectivity index (χ1v) is 6.85. The van der Waals surface area contributed by atoms with Crippen LogP contribution in [0, 0.1) is 22.0 Å². The second-order valence-corrected chi connectivity index (χ2v) is 5.70. The lowest BCUT2D eigenvalue weighted by molar-refractivity contribution is -0.385. The first kappa shape index (κ1) is 18.2. The number of amides is 1. The van der Waals surface area contributed by atoms with Gasteiger partial charge in [-0.25, -0.2) is 4.79 Å². The van der Waals surface area contributed by atoms with Crippen LogP contribution < -0.4 is 5.32 Å². The third kappa shape index (κ3) is 6.18. The molecule has 0 aliphatic rings. The summed E-state index contributed by atoms with van der Waals surface area (Å²) in [6.07, 6.45) is -0.617. The Morgan fingerprint density at radius 2 is 2.00 bits per heavy atom. The van der Waals surface area contributed by atoms with Gasteiger partial charge < -0.3 is 10.1 Å². The fraction of sp³-hybridized carbons (Fsp3) is 0.375. The van der Waals surface area contributed by atoms with Crippen molar-refractivity contribution in [2.24, 2.45) is 0 Å². The van der Waals surface area contributed by atoms with Gasteiger partial charge in [0, 0.05) is 11.6 Å². The molecule has 0 heterocycles. The van der Waals surface area contributed by atoms with Gasteiger partial charge in [0.25, 0.3) is 5.69 Å². The van der Waals surface area contributed by atoms with E-state index in [0.29, 0.717) is 0 Å². The number of hydrogen-bond acceptors (Lipinski definition) is 5. The van der Waals surface area contributed by atoms with E-state index in [1.807, 2.05) is 0 Å². The molecule has 0 aliphatic heterocycles. The largest absolute Gasteiger partial charge is 0.444 e. The maximum absolute atomic E-state index is 11.4. The maximum Gasteiger partial charge on any atom is 0.408 e. The molecule has 0 spiro atoms. The summed E-state index contributed by atoms with van der Waals surface area (Å²) in [4.78, 5) is 33.1. The number of benzene rings is 1. The molecule has 0 saturated carbocycles. The molecule has 1 N–H and O–H groups in total. The Morgan fingerprint density at radius 3 is 2.52 bits per heavy atom. The smallest absolute Gasteiger partial charge is 0.408 e. The molecule has 7 nitrogen and oxygen atoms in total. The molecule has 0 unspecified atom stereocenters. The van der Waals surface area contributed by atoms with Gasteiger partial charge in [0.15, 0.2) is 5.78 Å². The molecule has 1 amide bonds. The van der Waals surface area contributed by atoms with Gasteiger partial charge in [-0.05, 0) is 39.8 Å². The lowest BCUT2D eigenvalue weighted by atomic mass is 10.1. The zero-order chi connectivity index (χ0) is 17.6. The number of carbonyl (C=O) groups is 2. The van der Waals surface area contributed by atoms with Gasteiger partial charge in [-0.3, -0.25) is 14.9 Å². The van der Waals surface area contributed by atoms with E-state index in [1.54, 1.807) is 20.8 Å². The molecule has 0 fully saturated rings. The zero-order valence-electron chi connectivity index (χ0n) is 13.4. The molecule has 1 aromatic carbocycles. The first-order chi connectivity index (χ1) is 10.6. The number of alkyl carbamates (subject to hydrolysis) is 1. The minimum absolute atomic E-state index is 0.0134. The number of ether oxygens (including phenoxy) is 1. The average Bonchev–Trinajstić information content (AvgIpc) is 2.41. The maximum atomic E-state index is 11.4. The highest BCUT2D eigenvalue weighted by Crippen LogP contribution is 2.19. The van der Waals surface area contributed by atoms with Crippen molar-refractivity contribution in [1.82, 2.24) is 5.32 Å². The SMILES string of the molecule is CC(=O)c1ccc(C#CCNC(=O)OC(C)(C)C)c([N+](=O)[O-])c1. The number of ketones is 1. The van der Waals surface area contributed by atoms with E-state index in [2.05, 4.69) is 17.2 Å². The van der Waals surface area contributed by atoms with Crippen LogP contribution >= 0.6 is 0 Å². The minimum atomic E-state index is -0.617. The number of nitrogens with one attached hydrogen (secondary N) is 1. The molecule has 0 radical (unpaired) electrons. The molecule has 0 aliphatic carbocycles. The molecular weight excluding hydrogens is 300 g/mol. The summed E-state index contributed by atoms with van der Waals surface area (Å²) in [5.41, 5.74) is -0.443. The van der Waals surface area contributed by atoms with Crippen LogP contribution in [0.2, 0.25) is 0 Å². The quantitative estimate of drug-likeness (QED) is 0.400. The zero-order valence-corrected chi connectivity index (χ0v) is 13.4. The van der Waals surface area contributed by atoms with Crippen LogP contribution in [0.5, 0.6) is 0 Å². The molecular formula is C16H18N2O5. The Hall–Kier alpha value is -2.88. The van der Waals surface area contributed by atoms with Crippen molar-refractivity contribution in [2.45, 2.75) is 33.3 Å². The predicted octanol–water partition coefficient (Wildman–Crippen LogP) is 2.67. The first-order valence-electron chi connectivity index (χ1n) is 6.85. The second-order valence-electron chi connectivity index (χ2n) is 5.70. The lowest BCUT2D eigenvalue weighted by Crippen LogP contribution is -2.32. The normalized spacial score (nSPS) is 10.3. The standard InChI is InChI=1S/C16H18N2O5/c1-11(19)13-8-7-12(14(10-13)18(21)22)6-5-9-17-15(20)23-16(2,3)4/h7-8,10H,9H2,1-4H3,(H,17,20). The van der Waals surface area contributed by atoms with Crippen molar-refractivity contribution in [3.63, 3.8) is 0 Å². The van der Waals surface area contributed by atoms with Crippen molar-refractivity contribution >= 4 is 17.6 Å². The molecule has 7 heteroatoms. The summed E-state index contributed by atoms with van der Waals surface area (Å²) in [7, 11) is 0. The molecule has 122 valence electrons. The summed E-state index contributed by atoms with van der Waals surface area (Å²) in [6.45, 7) is 6.52. The van der Waals surface area contributed by atoms with Gasteiger partial charge in [-0.2, -0.15) is 0 Å². The topological polar surface area (TPSA) is 98.5 Å². The van der Waals surface area contributed by atoms with E-state index in [4.69, 9.17) is 4.74 Å². The van der Waals surface area contributed by atoms with Crippen LogP contribution in [0.25, 0.3) is 0 Å². The molecule has 0 atom stereocenters. The van der Waals surface area contributed by atoms with Crippen molar-refractivity contribution in [1.29, 1.82) is 0 Å². The van der Waals surface area contributed by atoms with E-state index in [-0.39, 0.29) is 29.1 Å². The Bertz CT molecular complexity index is 693. The summed E-state index contributed by atoms with van der Waals surface area (Å²) in [6, 6.07) is 4.07. The summed E-state index contributed by atoms with van der Waals surface area (Å²) in [5.74, 6) is 4.95. The molecule has 1 rings (SSSR count). The van der Waals surface area contributed by atoms with E-state index in [0.717, 1.165) is 0 Å². The second kappa shape index (κ2) is 7.40. The van der Waals surface area contributed by atoms with Gasteiger partial charge in [0.1, 0.15) is 11.2 Å². The van der Waals surface area contributed by atoms with Crippen LogP contribution in [0.15, 0.2) is 18.2 Å². The van der Waals surface area contributed by atoms with Crippen LogP contribution in [0.1, 0.15) is 43.6 Å². The van der Waals surface area contributed by atoms with Gasteiger partial charge in [0.2, 0.25) is 0 Å². The van der Waals surface area contributed by atoms with E-state index >= 15 is 0 Å². The molecule has 0 aromatic heterocycles. The van der Waals surface area contributed by atoms with E-state index in [9.17, 15) is 19.7 Å². The number of nitro benzene ring substituents is 1. The van der Waals surface area contributed by atoms with Gasteiger partial charge in [0.05, 0.1) is 11.5 Å². The molecule has 23 heavy (non-hydrogen) atoms. The van der Waals surface area contributed by atoms with E-state index < -0.39 is 16.6 Å².